The van der Waals surface area contributed by atoms with Gasteiger partial charge in [0.2, 0.25) is 0 Å². The molecule has 254 valence electrons. The van der Waals surface area contributed by atoms with Gasteiger partial charge in [0.1, 0.15) is 34.5 Å². The lowest BCUT2D eigenvalue weighted by atomic mass is 10.0. The van der Waals surface area contributed by atoms with E-state index in [1.807, 2.05) is 67.3 Å². The molecule has 2 atom stereocenters. The van der Waals surface area contributed by atoms with E-state index < -0.39 is 0 Å². The first-order chi connectivity index (χ1) is 25.6. The highest BCUT2D eigenvalue weighted by Gasteiger charge is 2.25. The summed E-state index contributed by atoms with van der Waals surface area (Å²) in [5.74, 6) is 5.38. The molecule has 8 rings (SSSR count). The Balaban J connectivity index is 1.46. The third kappa shape index (κ3) is 5.91. The topological polar surface area (TPSA) is 105 Å². The number of para-hydroxylation sites is 2. The average molecular weight is 698 g/mol. The molecule has 2 unspecified atom stereocenters. The molecule has 0 bridgehead atoms. The number of nitrogens with zero attached hydrogens (tertiary/aromatic N) is 8. The van der Waals surface area contributed by atoms with Crippen molar-refractivity contribution >= 4 is 44.3 Å². The van der Waals surface area contributed by atoms with E-state index in [-0.39, 0.29) is 6.04 Å². The van der Waals surface area contributed by atoms with Crippen LogP contribution in [-0.2, 0) is 0 Å². The van der Waals surface area contributed by atoms with Gasteiger partial charge in [-0.3, -0.25) is 9.13 Å². The maximum atomic E-state index is 6.89. The van der Waals surface area contributed by atoms with E-state index in [1.165, 1.54) is 0 Å². The molecule has 1 aliphatic rings. The van der Waals surface area contributed by atoms with Crippen LogP contribution in [-0.4, -0.2) is 39.9 Å². The summed E-state index contributed by atoms with van der Waals surface area (Å²) in [5.41, 5.74) is 14.4. The predicted octanol–water partition coefficient (Wildman–Crippen LogP) is 9.49. The number of rotatable bonds is 9. The van der Waals surface area contributed by atoms with Gasteiger partial charge in [-0.1, -0.05) is 79.2 Å². The Kier molecular flexibility index (Phi) is 8.85. The Morgan fingerprint density at radius 2 is 1.50 bits per heavy atom. The second kappa shape index (κ2) is 14.1. The number of nitrogen functional groups attached to an aromatic ring is 1. The van der Waals surface area contributed by atoms with Gasteiger partial charge in [0.25, 0.3) is 0 Å². The number of hydrogen-bond acceptors (Lipinski definition) is 6. The van der Waals surface area contributed by atoms with Crippen LogP contribution >= 0.6 is 9.24 Å². The largest absolute Gasteiger partial charge is 0.383 e. The molecule has 52 heavy (non-hydrogen) atoms. The van der Waals surface area contributed by atoms with Crippen LogP contribution in [0.1, 0.15) is 23.9 Å². The van der Waals surface area contributed by atoms with E-state index in [9.17, 15) is 0 Å². The van der Waals surface area contributed by atoms with Gasteiger partial charge in [-0.25, -0.2) is 24.9 Å². The number of pyridine rings is 1. The smallest absolute Gasteiger partial charge is 0.164 e. The molecule has 0 spiro atoms. The van der Waals surface area contributed by atoms with E-state index in [1.54, 1.807) is 18.5 Å². The first kappa shape index (κ1) is 32.7. The van der Waals surface area contributed by atoms with Crippen LogP contribution in [0.3, 0.4) is 0 Å². The van der Waals surface area contributed by atoms with Crippen LogP contribution in [0.4, 0.5) is 11.6 Å². The standard InChI is InChI=1S/C42H36N9P/c1-3-22-44-38-28(2)46-39(50(38)33-16-9-5-10-17-33)29-25-30(40-47-35(21-24-52)37(43)49(40)32-14-7-4-8-15-32)27-31(26-29)41-48-36-20-13-23-45-42(36)51(41)34-18-11-6-12-19-34/h3-14,16-27,32H,1,15,43,52H2,2H3/b24-21-,44-22-. The Labute approximate surface area is 304 Å². The number of hydrogen-bond donors (Lipinski definition) is 1. The summed E-state index contributed by atoms with van der Waals surface area (Å²) < 4.78 is 6.31. The van der Waals surface area contributed by atoms with Crippen LogP contribution in [0.25, 0.3) is 62.8 Å². The van der Waals surface area contributed by atoms with Gasteiger partial charge in [-0.15, -0.1) is 9.24 Å². The lowest BCUT2D eigenvalue weighted by Crippen LogP contribution is -2.12. The Hall–Kier alpha value is -6.44. The Morgan fingerprint density at radius 1 is 0.827 bits per heavy atom. The van der Waals surface area contributed by atoms with Gasteiger partial charge >= 0.3 is 0 Å². The Morgan fingerprint density at radius 3 is 2.15 bits per heavy atom. The van der Waals surface area contributed by atoms with E-state index in [0.717, 1.165) is 68.8 Å². The number of aryl methyl sites for hydroxylation is 1. The molecule has 0 saturated carbocycles. The zero-order valence-corrected chi connectivity index (χ0v) is 29.7. The number of nitrogens with two attached hydrogens (primary N) is 1. The van der Waals surface area contributed by atoms with Gasteiger partial charge in [0, 0.05) is 40.5 Å². The van der Waals surface area contributed by atoms with Crippen molar-refractivity contribution in [1.82, 2.24) is 33.6 Å². The van der Waals surface area contributed by atoms with Crippen LogP contribution < -0.4 is 5.73 Å². The molecule has 10 heteroatoms. The maximum absolute atomic E-state index is 6.89. The molecule has 7 aromatic rings. The van der Waals surface area contributed by atoms with E-state index in [4.69, 9.17) is 30.7 Å². The molecular weight excluding hydrogens is 661 g/mol. The summed E-state index contributed by atoms with van der Waals surface area (Å²) in [6, 6.07) is 30.6. The summed E-state index contributed by atoms with van der Waals surface area (Å²) in [6.07, 6.45) is 16.3. The predicted molar refractivity (Wildman–Crippen MR) is 216 cm³/mol. The molecule has 4 heterocycles. The summed E-state index contributed by atoms with van der Waals surface area (Å²) >= 11 is 0. The van der Waals surface area contributed by atoms with Gasteiger partial charge in [-0.2, -0.15) is 0 Å². The van der Waals surface area contributed by atoms with Crippen LogP contribution in [0, 0.1) is 6.92 Å². The molecule has 0 aliphatic heterocycles. The van der Waals surface area contributed by atoms with E-state index >= 15 is 0 Å². The fourth-order valence-corrected chi connectivity index (χ4v) is 6.91. The van der Waals surface area contributed by atoms with Gasteiger partial charge in [0.15, 0.2) is 11.5 Å². The van der Waals surface area contributed by atoms with Crippen LogP contribution in [0.5, 0.6) is 0 Å². The number of aromatic nitrogens is 7. The van der Waals surface area contributed by atoms with Crippen molar-refractivity contribution in [3.05, 3.63) is 151 Å². The fourth-order valence-electron chi connectivity index (χ4n) is 6.73. The molecule has 1 aliphatic carbocycles. The summed E-state index contributed by atoms with van der Waals surface area (Å²) in [5, 5.41) is 0. The van der Waals surface area contributed by atoms with Crippen molar-refractivity contribution < 1.29 is 0 Å². The molecule has 0 radical (unpaired) electrons. The Bertz CT molecular complexity index is 2550. The average Bonchev–Trinajstić information content (AvgIpc) is 3.85. The quantitative estimate of drug-likeness (QED) is 0.120. The molecule has 0 amide bonds. The highest BCUT2D eigenvalue weighted by molar-refractivity contribution is 7.21. The number of imidazole rings is 3. The minimum absolute atomic E-state index is 0.0160. The lowest BCUT2D eigenvalue weighted by molar-refractivity contribution is 0.621. The van der Waals surface area contributed by atoms with Gasteiger partial charge in [0.05, 0.1) is 11.7 Å². The minimum Gasteiger partial charge on any atom is -0.383 e. The molecule has 3 aromatic carbocycles. The highest BCUT2D eigenvalue weighted by atomic mass is 31.0. The number of fused-ring (bicyclic) bond motifs is 1. The van der Waals surface area contributed by atoms with Crippen molar-refractivity contribution in [1.29, 1.82) is 0 Å². The number of allylic oxidation sites excluding steroid dienone is 5. The van der Waals surface area contributed by atoms with Crippen molar-refractivity contribution in [2.45, 2.75) is 19.4 Å². The number of benzene rings is 3. The summed E-state index contributed by atoms with van der Waals surface area (Å²) in [6.45, 7) is 5.83. The lowest BCUT2D eigenvalue weighted by Gasteiger charge is -2.20. The highest BCUT2D eigenvalue weighted by Crippen LogP contribution is 2.40. The van der Waals surface area contributed by atoms with Crippen molar-refractivity contribution in [3.8, 4) is 45.5 Å². The van der Waals surface area contributed by atoms with Crippen LogP contribution in [0.15, 0.2) is 145 Å². The fraction of sp³-hybridized carbons (Fsp3) is 0.0714. The van der Waals surface area contributed by atoms with E-state index in [2.05, 4.69) is 96.3 Å². The SMILES string of the molecule is C=C/C=N\c1c(C)nc(-c2cc(-c3nc(/C=C\P)c(N)n3C3C=CC=CC3)cc(-c3nc4cccnc4n3-c3ccccc3)c2)n1-c1ccccc1. The maximum Gasteiger partial charge on any atom is 0.164 e. The van der Waals surface area contributed by atoms with Crippen molar-refractivity contribution in [3.63, 3.8) is 0 Å². The molecule has 0 fully saturated rings. The second-order valence-electron chi connectivity index (χ2n) is 12.3. The van der Waals surface area contributed by atoms with E-state index in [0.29, 0.717) is 17.3 Å². The first-order valence-electron chi connectivity index (χ1n) is 17.0. The zero-order valence-electron chi connectivity index (χ0n) is 28.6. The number of anilines is 1. The zero-order chi connectivity index (χ0) is 35.6. The van der Waals surface area contributed by atoms with Gasteiger partial charge in [-0.05, 0) is 74.0 Å². The van der Waals surface area contributed by atoms with Crippen molar-refractivity contribution in [2.75, 3.05) is 5.73 Å². The molecule has 0 saturated heterocycles. The third-order valence-electron chi connectivity index (χ3n) is 9.00. The summed E-state index contributed by atoms with van der Waals surface area (Å²) in [4.78, 5) is 25.1. The normalized spacial score (nSPS) is 14.3. The first-order valence-corrected chi connectivity index (χ1v) is 17.7. The van der Waals surface area contributed by atoms with Crippen molar-refractivity contribution in [2.24, 2.45) is 4.99 Å². The minimum atomic E-state index is -0.0160. The van der Waals surface area contributed by atoms with Crippen LogP contribution in [0.2, 0.25) is 0 Å². The molecule has 4 aromatic heterocycles. The summed E-state index contributed by atoms with van der Waals surface area (Å²) in [7, 11) is 2.62. The molecule has 2 N–H and O–H groups in total. The molecule has 9 nitrogen and oxygen atoms in total. The third-order valence-corrected chi connectivity index (χ3v) is 9.19. The second-order valence-corrected chi connectivity index (χ2v) is 12.7. The monoisotopic (exact) mass is 697 g/mol. The van der Waals surface area contributed by atoms with Gasteiger partial charge < -0.3 is 10.3 Å². The number of aliphatic imine (C=N–C) groups is 1. The molecular formula is C42H36N9P.